The van der Waals surface area contributed by atoms with Gasteiger partial charge in [-0.3, -0.25) is 14.4 Å². The maximum Gasteiger partial charge on any atom is 0.274 e. The molecule has 30 heavy (non-hydrogen) atoms. The summed E-state index contributed by atoms with van der Waals surface area (Å²) in [6, 6.07) is 7.19. The van der Waals surface area contributed by atoms with Gasteiger partial charge in [0.15, 0.2) is 5.69 Å². The summed E-state index contributed by atoms with van der Waals surface area (Å²) in [5.41, 5.74) is 0.156. The van der Waals surface area contributed by atoms with Crippen molar-refractivity contribution in [1.82, 2.24) is 20.0 Å². The van der Waals surface area contributed by atoms with E-state index in [9.17, 15) is 14.4 Å². The van der Waals surface area contributed by atoms with Gasteiger partial charge in [-0.15, -0.1) is 0 Å². The first-order valence-electron chi connectivity index (χ1n) is 11.2. The molecule has 0 atom stereocenters. The molecular formula is C23H30N4O3. The predicted octanol–water partition coefficient (Wildman–Crippen LogP) is 2.72. The third-order valence-corrected chi connectivity index (χ3v) is 6.12. The lowest BCUT2D eigenvalue weighted by atomic mass is 10.0. The third-order valence-electron chi connectivity index (χ3n) is 6.12. The summed E-state index contributed by atoms with van der Waals surface area (Å²) in [7, 11) is 0. The van der Waals surface area contributed by atoms with Gasteiger partial charge in [-0.1, -0.05) is 38.0 Å². The van der Waals surface area contributed by atoms with Gasteiger partial charge in [-0.05, 0) is 38.2 Å². The molecule has 1 aliphatic heterocycles. The number of amides is 2. The largest absolute Gasteiger partial charge is 0.348 e. The highest BCUT2D eigenvalue weighted by molar-refractivity contribution is 6.04. The van der Waals surface area contributed by atoms with Crippen LogP contribution in [0.15, 0.2) is 29.1 Å². The van der Waals surface area contributed by atoms with Gasteiger partial charge in [0.05, 0.1) is 5.39 Å². The van der Waals surface area contributed by atoms with Crippen molar-refractivity contribution >= 4 is 22.6 Å². The van der Waals surface area contributed by atoms with Crippen LogP contribution in [0.3, 0.4) is 0 Å². The maximum absolute atomic E-state index is 13.1. The lowest BCUT2D eigenvalue weighted by molar-refractivity contribution is -0.133. The summed E-state index contributed by atoms with van der Waals surface area (Å²) in [6.07, 6.45) is 6.45. The van der Waals surface area contributed by atoms with Crippen molar-refractivity contribution in [1.29, 1.82) is 0 Å². The van der Waals surface area contributed by atoms with Gasteiger partial charge >= 0.3 is 0 Å². The molecule has 0 bridgehead atoms. The smallest absolute Gasteiger partial charge is 0.274 e. The van der Waals surface area contributed by atoms with E-state index in [0.717, 1.165) is 44.9 Å². The predicted molar refractivity (Wildman–Crippen MR) is 115 cm³/mol. The summed E-state index contributed by atoms with van der Waals surface area (Å²) >= 11 is 0. The molecular weight excluding hydrogens is 380 g/mol. The monoisotopic (exact) mass is 410 g/mol. The molecule has 1 aromatic heterocycles. The molecule has 2 amide bonds. The molecule has 1 aliphatic carbocycles. The Kier molecular flexibility index (Phi) is 6.16. The standard InChI is InChI=1S/C23H30N4O3/c1-2-3-6-13-27-23(30)19-8-5-4-7-18(19)20(25-27)21(28)24-17-11-14-26(15-12-17)22(29)16-9-10-16/h4-5,7-8,16-17H,2-3,6,9-15H2,1H3,(H,24,28). The summed E-state index contributed by atoms with van der Waals surface area (Å²) in [4.78, 5) is 40.0. The number of carbonyl (C=O) groups excluding carboxylic acids is 2. The second kappa shape index (κ2) is 8.98. The van der Waals surface area contributed by atoms with Crippen LogP contribution < -0.4 is 10.9 Å². The minimum Gasteiger partial charge on any atom is -0.348 e. The number of hydrogen-bond acceptors (Lipinski definition) is 4. The van der Waals surface area contributed by atoms with E-state index < -0.39 is 0 Å². The summed E-state index contributed by atoms with van der Waals surface area (Å²) in [6.45, 7) is 3.99. The second-order valence-corrected chi connectivity index (χ2v) is 8.48. The fourth-order valence-electron chi connectivity index (χ4n) is 4.15. The van der Waals surface area contributed by atoms with Crippen molar-refractivity contribution in [2.24, 2.45) is 5.92 Å². The Labute approximate surface area is 176 Å². The van der Waals surface area contributed by atoms with Crippen molar-refractivity contribution in [3.63, 3.8) is 0 Å². The van der Waals surface area contributed by atoms with Gasteiger partial charge in [0, 0.05) is 37.0 Å². The molecule has 2 aliphatic rings. The van der Waals surface area contributed by atoms with Crippen LogP contribution in [0.4, 0.5) is 0 Å². The number of fused-ring (bicyclic) bond motifs is 1. The topological polar surface area (TPSA) is 84.3 Å². The minimum atomic E-state index is -0.248. The number of hydrogen-bond donors (Lipinski definition) is 1. The molecule has 1 saturated heterocycles. The van der Waals surface area contributed by atoms with E-state index in [1.54, 1.807) is 12.1 Å². The molecule has 4 rings (SSSR count). The Morgan fingerprint density at radius 3 is 2.43 bits per heavy atom. The first-order valence-corrected chi connectivity index (χ1v) is 11.2. The highest BCUT2D eigenvalue weighted by atomic mass is 16.2. The highest BCUT2D eigenvalue weighted by Crippen LogP contribution is 2.31. The number of nitrogens with zero attached hydrogens (tertiary/aromatic N) is 3. The molecule has 2 heterocycles. The molecule has 1 N–H and O–H groups in total. The van der Waals surface area contributed by atoms with Crippen LogP contribution in [0.2, 0.25) is 0 Å². The Morgan fingerprint density at radius 1 is 1.07 bits per heavy atom. The first-order chi connectivity index (χ1) is 14.6. The van der Waals surface area contributed by atoms with Crippen LogP contribution in [0.25, 0.3) is 10.8 Å². The molecule has 0 radical (unpaired) electrons. The highest BCUT2D eigenvalue weighted by Gasteiger charge is 2.35. The van der Waals surface area contributed by atoms with Gasteiger partial charge < -0.3 is 10.2 Å². The van der Waals surface area contributed by atoms with E-state index in [-0.39, 0.29) is 29.3 Å². The van der Waals surface area contributed by atoms with Crippen LogP contribution in [0.5, 0.6) is 0 Å². The van der Waals surface area contributed by atoms with E-state index in [1.165, 1.54) is 4.68 Å². The summed E-state index contributed by atoms with van der Waals surface area (Å²) in [5.74, 6) is 0.259. The number of piperidine rings is 1. The lowest BCUT2D eigenvalue weighted by Crippen LogP contribution is -2.47. The fourth-order valence-corrected chi connectivity index (χ4v) is 4.15. The number of rotatable bonds is 7. The third kappa shape index (κ3) is 4.40. The van der Waals surface area contributed by atoms with E-state index in [0.29, 0.717) is 36.1 Å². The molecule has 0 spiro atoms. The normalized spacial score (nSPS) is 17.3. The Morgan fingerprint density at radius 2 is 1.77 bits per heavy atom. The van der Waals surface area contributed by atoms with Crippen LogP contribution in [-0.4, -0.2) is 45.6 Å². The molecule has 0 unspecified atom stereocenters. The second-order valence-electron chi connectivity index (χ2n) is 8.48. The maximum atomic E-state index is 13.1. The SMILES string of the molecule is CCCCCn1nc(C(=O)NC2CCN(C(=O)C3CC3)CC2)c2ccccc2c1=O. The summed E-state index contributed by atoms with van der Waals surface area (Å²) < 4.78 is 1.43. The number of likely N-dealkylation sites (tertiary alicyclic amines) is 1. The zero-order valence-electron chi connectivity index (χ0n) is 17.6. The summed E-state index contributed by atoms with van der Waals surface area (Å²) in [5, 5.41) is 8.65. The van der Waals surface area contributed by atoms with E-state index in [1.807, 2.05) is 17.0 Å². The van der Waals surface area contributed by atoms with Gasteiger partial charge in [0.1, 0.15) is 0 Å². The molecule has 2 fully saturated rings. The minimum absolute atomic E-state index is 0.0155. The van der Waals surface area contributed by atoms with E-state index in [2.05, 4.69) is 17.3 Å². The van der Waals surface area contributed by atoms with Crippen LogP contribution >= 0.6 is 0 Å². The average molecular weight is 411 g/mol. The van der Waals surface area contributed by atoms with Crippen LogP contribution in [0, 0.1) is 5.92 Å². The van der Waals surface area contributed by atoms with Crippen molar-refractivity contribution < 1.29 is 9.59 Å². The van der Waals surface area contributed by atoms with Gasteiger partial charge in [-0.2, -0.15) is 5.10 Å². The van der Waals surface area contributed by atoms with E-state index in [4.69, 9.17) is 0 Å². The zero-order chi connectivity index (χ0) is 21.1. The van der Waals surface area contributed by atoms with Gasteiger partial charge in [-0.25, -0.2) is 4.68 Å². The fraction of sp³-hybridized carbons (Fsp3) is 0.565. The van der Waals surface area contributed by atoms with Crippen molar-refractivity contribution in [2.75, 3.05) is 13.1 Å². The Bertz CT molecular complexity index is 988. The number of benzene rings is 1. The zero-order valence-corrected chi connectivity index (χ0v) is 17.6. The molecule has 1 saturated carbocycles. The molecule has 160 valence electrons. The van der Waals surface area contributed by atoms with Gasteiger partial charge in [0.25, 0.3) is 11.5 Å². The molecule has 2 aromatic rings. The number of unbranched alkanes of at least 4 members (excludes halogenated alkanes) is 2. The van der Waals surface area contributed by atoms with Crippen molar-refractivity contribution in [3.05, 3.63) is 40.3 Å². The van der Waals surface area contributed by atoms with Crippen LogP contribution in [0.1, 0.15) is 62.4 Å². The quantitative estimate of drug-likeness (QED) is 0.712. The van der Waals surface area contributed by atoms with E-state index >= 15 is 0 Å². The van der Waals surface area contributed by atoms with Crippen molar-refractivity contribution in [2.45, 2.75) is 64.5 Å². The Balaban J connectivity index is 1.49. The first kappa shape index (κ1) is 20.6. The number of aryl methyl sites for hydroxylation is 1. The number of aromatic nitrogens is 2. The molecule has 1 aromatic carbocycles. The molecule has 7 nitrogen and oxygen atoms in total. The lowest BCUT2D eigenvalue weighted by Gasteiger charge is -2.32. The molecule has 7 heteroatoms. The average Bonchev–Trinajstić information content (AvgIpc) is 3.61. The number of carbonyl (C=O) groups is 2. The van der Waals surface area contributed by atoms with Crippen LogP contribution in [-0.2, 0) is 11.3 Å². The van der Waals surface area contributed by atoms with Crippen molar-refractivity contribution in [3.8, 4) is 0 Å². The Hall–Kier alpha value is -2.70. The number of nitrogens with one attached hydrogen (secondary N) is 1. The van der Waals surface area contributed by atoms with Gasteiger partial charge in [0.2, 0.25) is 5.91 Å².